The van der Waals surface area contributed by atoms with Gasteiger partial charge in [-0.05, 0) is 0 Å². The van der Waals surface area contributed by atoms with E-state index in [-0.39, 0.29) is 51.0 Å². The number of benzene rings is 6. The molecule has 8 aromatic rings. The molecule has 0 aliphatic carbocycles. The molecule has 0 unspecified atom stereocenters. The monoisotopic (exact) mass is 657 g/mol. The van der Waals surface area contributed by atoms with Crippen LogP contribution >= 0.6 is 0 Å². The van der Waals surface area contributed by atoms with Gasteiger partial charge in [0.1, 0.15) is 0 Å². The van der Waals surface area contributed by atoms with Crippen molar-refractivity contribution in [2.45, 2.75) is 0 Å². The molecule has 42 heavy (non-hydrogen) atoms. The summed E-state index contributed by atoms with van der Waals surface area (Å²) in [6, 6.07) is 59.2. The second-order valence-electron chi connectivity index (χ2n) is 9.60. The van der Waals surface area contributed by atoms with Gasteiger partial charge >= 0.3 is 26.2 Å². The van der Waals surface area contributed by atoms with Gasteiger partial charge in [-0.15, -0.1) is 121 Å². The zero-order chi connectivity index (χ0) is 26.3. The van der Waals surface area contributed by atoms with E-state index in [4.69, 9.17) is 0 Å². The molecule has 0 N–H and O–H groups in total. The summed E-state index contributed by atoms with van der Waals surface area (Å²) in [6.07, 6.45) is 2.17. The number of rotatable bonds is 2. The Labute approximate surface area is 279 Å². The van der Waals surface area contributed by atoms with Gasteiger partial charge in [-0.25, -0.2) is 0 Å². The maximum absolute atomic E-state index is 2.24. The predicted octanol–water partition coefficient (Wildman–Crippen LogP) is 4.72. The zero-order valence-electron chi connectivity index (χ0n) is 23.0. The molecule has 0 aliphatic rings. The fraction of sp³-hybridized carbons (Fsp3) is 0. The third-order valence-corrected chi connectivity index (χ3v) is 6.98. The van der Waals surface area contributed by atoms with Crippen molar-refractivity contribution in [3.63, 3.8) is 0 Å². The van der Waals surface area contributed by atoms with Gasteiger partial charge in [-0.2, -0.15) is 0 Å². The van der Waals surface area contributed by atoms with E-state index in [0.717, 1.165) is 0 Å². The van der Waals surface area contributed by atoms with Gasteiger partial charge in [0.15, 0.2) is 0 Å². The Morgan fingerprint density at radius 1 is 0.310 bits per heavy atom. The van der Waals surface area contributed by atoms with Crippen LogP contribution in [0.25, 0.3) is 43.1 Å². The molecule has 8 aromatic carbocycles. The second kappa shape index (κ2) is 16.1. The van der Waals surface area contributed by atoms with Crippen LogP contribution in [-0.2, 0) is 26.2 Å². The molecule has 0 bridgehead atoms. The minimum absolute atomic E-state index is 0. The third-order valence-electron chi connectivity index (χ3n) is 6.98. The van der Waals surface area contributed by atoms with Crippen molar-refractivity contribution in [3.05, 3.63) is 187 Å². The summed E-state index contributed by atoms with van der Waals surface area (Å²) in [5, 5.41) is 10.8. The van der Waals surface area contributed by atoms with Gasteiger partial charge in [-0.3, -0.25) is 0 Å². The summed E-state index contributed by atoms with van der Waals surface area (Å²) < 4.78 is 0. The number of hydrogen-bond acceptors (Lipinski definition) is 0. The Balaban J connectivity index is 0.000000167. The van der Waals surface area contributed by atoms with Crippen LogP contribution < -0.4 is 24.8 Å². The van der Waals surface area contributed by atoms with E-state index < -0.39 is 0 Å². The molecule has 3 heteroatoms. The topological polar surface area (TPSA) is 0 Å². The maximum atomic E-state index is 2.24. The van der Waals surface area contributed by atoms with E-state index in [9.17, 15) is 0 Å². The van der Waals surface area contributed by atoms with Crippen LogP contribution in [0.2, 0.25) is 0 Å². The molecule has 0 spiro atoms. The van der Waals surface area contributed by atoms with Crippen LogP contribution in [0.15, 0.2) is 170 Å². The van der Waals surface area contributed by atoms with E-state index >= 15 is 0 Å². The molecule has 0 aliphatic heterocycles. The molecular formula is C39H29Cl2Zr-3. The first-order valence-corrected chi connectivity index (χ1v) is 13.4. The first kappa shape index (κ1) is 32.9. The molecule has 0 saturated carbocycles. The Hall–Kier alpha value is -3.61. The number of fused-ring (bicyclic) bond motifs is 6. The van der Waals surface area contributed by atoms with Gasteiger partial charge in [0, 0.05) is 0 Å². The molecule has 0 fully saturated rings. The van der Waals surface area contributed by atoms with Crippen LogP contribution in [0.3, 0.4) is 0 Å². The fourth-order valence-electron chi connectivity index (χ4n) is 5.10. The van der Waals surface area contributed by atoms with Gasteiger partial charge < -0.3 is 24.8 Å². The van der Waals surface area contributed by atoms with Crippen LogP contribution in [0, 0.1) is 6.42 Å². The zero-order valence-corrected chi connectivity index (χ0v) is 27.0. The minimum atomic E-state index is 0. The van der Waals surface area contributed by atoms with E-state index in [1.54, 1.807) is 0 Å². The molecule has 206 valence electrons. The summed E-state index contributed by atoms with van der Waals surface area (Å²) in [7, 11) is 0. The molecule has 0 saturated heterocycles. The van der Waals surface area contributed by atoms with Crippen molar-refractivity contribution in [2.24, 2.45) is 0 Å². The number of hydrogen-bond donors (Lipinski definition) is 0. The van der Waals surface area contributed by atoms with E-state index in [1.165, 1.54) is 54.2 Å². The van der Waals surface area contributed by atoms with Gasteiger partial charge in [-0.1, -0.05) is 109 Å². The Kier molecular flexibility index (Phi) is 12.6. The second-order valence-corrected chi connectivity index (χ2v) is 9.60. The predicted molar refractivity (Wildman–Crippen MR) is 169 cm³/mol. The van der Waals surface area contributed by atoms with Crippen LogP contribution in [0.5, 0.6) is 0 Å². The summed E-state index contributed by atoms with van der Waals surface area (Å²) >= 11 is 0. The first-order chi connectivity index (χ1) is 19.3. The minimum Gasteiger partial charge on any atom is -1.00 e. The Morgan fingerprint density at radius 3 is 0.833 bits per heavy atom. The quantitative estimate of drug-likeness (QED) is 0.236. The van der Waals surface area contributed by atoms with Gasteiger partial charge in [0.2, 0.25) is 0 Å². The maximum Gasteiger partial charge on any atom is 2.00 e. The first-order valence-electron chi connectivity index (χ1n) is 13.4. The Morgan fingerprint density at radius 2 is 0.548 bits per heavy atom. The summed E-state index contributed by atoms with van der Waals surface area (Å²) in [5.41, 5.74) is 2.49. The summed E-state index contributed by atoms with van der Waals surface area (Å²) in [6.45, 7) is 0. The van der Waals surface area contributed by atoms with Gasteiger partial charge in [0.25, 0.3) is 0 Å². The largest absolute Gasteiger partial charge is 2.00 e. The van der Waals surface area contributed by atoms with Crippen molar-refractivity contribution in [1.82, 2.24) is 0 Å². The number of halogens is 2. The molecule has 0 aromatic heterocycles. The van der Waals surface area contributed by atoms with Crippen molar-refractivity contribution in [2.75, 3.05) is 0 Å². The van der Waals surface area contributed by atoms with E-state index in [2.05, 4.69) is 164 Å². The molecule has 0 nitrogen and oxygen atoms in total. The SMILES string of the molecule is [Cl-].[Cl-].[Zr+2].c1ccc([CH-]c2ccccc2)cc1.c1ccc2c(c1)[cH-]c1ccccc12.c1ccc2c(c1)[cH-]c1ccccc12. The van der Waals surface area contributed by atoms with Crippen LogP contribution in [-0.4, -0.2) is 0 Å². The smallest absolute Gasteiger partial charge is 1.00 e. The molecule has 8 rings (SSSR count). The normalized spacial score (nSPS) is 9.81. The standard InChI is InChI=1S/2C13H9.C13H11.2ClH.Zr/c2*1-3-7-12-10(5-1)9-11-6-2-4-8-13(11)12;1-3-7-12(8-4-1)11-13-9-5-2-6-10-13;;;/h2*1-9H;1-11H;2*1H;/q3*-1;;;+2/p-2. The molecule has 0 atom stereocenters. The third kappa shape index (κ3) is 7.81. The fourth-order valence-corrected chi connectivity index (χ4v) is 5.10. The van der Waals surface area contributed by atoms with Crippen LogP contribution in [0.1, 0.15) is 11.1 Å². The van der Waals surface area contributed by atoms with Crippen molar-refractivity contribution in [1.29, 1.82) is 0 Å². The molecule has 0 amide bonds. The molecule has 0 radical (unpaired) electrons. The van der Waals surface area contributed by atoms with E-state index in [1.807, 2.05) is 12.1 Å². The average molecular weight is 660 g/mol. The molecular weight excluding hydrogens is 631 g/mol. The molecule has 0 heterocycles. The summed E-state index contributed by atoms with van der Waals surface area (Å²) in [5.74, 6) is 0. The van der Waals surface area contributed by atoms with Crippen molar-refractivity contribution in [3.8, 4) is 0 Å². The Bertz CT molecular complexity index is 1690. The van der Waals surface area contributed by atoms with E-state index in [0.29, 0.717) is 0 Å². The van der Waals surface area contributed by atoms with Crippen molar-refractivity contribution < 1.29 is 51.0 Å². The average Bonchev–Trinajstić information content (AvgIpc) is 3.58. The van der Waals surface area contributed by atoms with Gasteiger partial charge in [0.05, 0.1) is 0 Å². The summed E-state index contributed by atoms with van der Waals surface area (Å²) in [4.78, 5) is 0. The van der Waals surface area contributed by atoms with Crippen LogP contribution in [0.4, 0.5) is 0 Å². The van der Waals surface area contributed by atoms with Crippen molar-refractivity contribution >= 4 is 43.1 Å².